The molecule has 0 radical (unpaired) electrons. The number of halogens is 3. The van der Waals surface area contributed by atoms with E-state index in [-0.39, 0.29) is 53.2 Å². The number of aromatic nitrogens is 3. The topological polar surface area (TPSA) is 137 Å². The van der Waals surface area contributed by atoms with Crippen molar-refractivity contribution in [3.05, 3.63) is 80.4 Å². The third kappa shape index (κ3) is 4.38. The Bertz CT molecular complexity index is 1850. The fourth-order valence-electron chi connectivity index (χ4n) is 6.26. The van der Waals surface area contributed by atoms with Gasteiger partial charge < -0.3 is 14.2 Å². The number of pyridine rings is 1. The lowest BCUT2D eigenvalue weighted by atomic mass is 10.1. The third-order valence-electron chi connectivity index (χ3n) is 8.26. The van der Waals surface area contributed by atoms with Crippen LogP contribution in [0.5, 0.6) is 0 Å². The highest BCUT2D eigenvalue weighted by molar-refractivity contribution is 7.93. The van der Waals surface area contributed by atoms with Gasteiger partial charge in [-0.15, -0.1) is 10.2 Å². The summed E-state index contributed by atoms with van der Waals surface area (Å²) in [4.78, 5) is 36.0. The Kier molecular flexibility index (Phi) is 6.20. The van der Waals surface area contributed by atoms with E-state index in [1.54, 1.807) is 35.2 Å². The number of benzene rings is 1. The van der Waals surface area contributed by atoms with Crippen molar-refractivity contribution in [2.24, 2.45) is 0 Å². The zero-order valence-corrected chi connectivity index (χ0v) is 22.8. The lowest BCUT2D eigenvalue weighted by Gasteiger charge is -2.44. The third-order valence-corrected chi connectivity index (χ3v) is 10.1. The molecule has 0 aliphatic carbocycles. The molecule has 1 N–H and O–H groups in total. The van der Waals surface area contributed by atoms with Gasteiger partial charge in [0.2, 0.25) is 5.89 Å². The number of alkyl halides is 2. The van der Waals surface area contributed by atoms with Crippen molar-refractivity contribution in [3.63, 3.8) is 0 Å². The molecule has 218 valence electrons. The van der Waals surface area contributed by atoms with Crippen LogP contribution in [0.25, 0.3) is 11.5 Å². The maximum Gasteiger partial charge on any atom is 0.314 e. The van der Waals surface area contributed by atoms with Gasteiger partial charge in [0.25, 0.3) is 16.7 Å². The van der Waals surface area contributed by atoms with E-state index in [4.69, 9.17) is 9.20 Å². The summed E-state index contributed by atoms with van der Waals surface area (Å²) in [5.74, 6) is -1.26. The Balaban J connectivity index is 1.18. The molecular weight excluding hydrogens is 575 g/mol. The molecule has 7 rings (SSSR count). The Morgan fingerprint density at radius 3 is 2.45 bits per heavy atom. The summed E-state index contributed by atoms with van der Waals surface area (Å²) in [5, 5.41) is 6.78. The fourth-order valence-corrected chi connectivity index (χ4v) is 7.79. The number of para-hydroxylation sites is 1. The molecule has 3 saturated heterocycles. The van der Waals surface area contributed by atoms with Crippen LogP contribution < -0.4 is 20.7 Å². The first-order valence-electron chi connectivity index (χ1n) is 13.3. The molecule has 11 nitrogen and oxygen atoms in total. The number of hydrogen-bond donors (Lipinski definition) is 1. The minimum atomic E-state index is -2.97. The average molecular weight is 600 g/mol. The van der Waals surface area contributed by atoms with E-state index in [1.807, 2.05) is 4.90 Å². The molecule has 5 heterocycles. The van der Waals surface area contributed by atoms with Crippen molar-refractivity contribution in [2.75, 3.05) is 34.4 Å². The molecule has 0 unspecified atom stereocenters. The minimum Gasteiger partial charge on any atom is -0.415 e. The summed E-state index contributed by atoms with van der Waals surface area (Å²) in [5.41, 5.74) is -0.305. The van der Waals surface area contributed by atoms with Gasteiger partial charge in [0.15, 0.2) is 0 Å². The van der Waals surface area contributed by atoms with Crippen LogP contribution >= 0.6 is 0 Å². The molecular formula is C27H24F3N7O4S. The summed E-state index contributed by atoms with van der Waals surface area (Å²) in [7, 11) is -2.48. The maximum absolute atomic E-state index is 15.3. The summed E-state index contributed by atoms with van der Waals surface area (Å²) in [6, 6.07) is 10.0. The quantitative estimate of drug-likeness (QED) is 0.301. The van der Waals surface area contributed by atoms with Gasteiger partial charge in [0, 0.05) is 64.3 Å². The first-order chi connectivity index (χ1) is 20.1. The first kappa shape index (κ1) is 26.8. The number of nitrogens with zero attached hydrogens (tertiary/aromatic N) is 6. The van der Waals surface area contributed by atoms with Gasteiger partial charge in [-0.3, -0.25) is 24.3 Å². The molecule has 2 bridgehead atoms. The standard InChI is InChI=1S/C27H24F3N7O4S/c28-19-6-14(26-33-34-27(41-26)25(29)30)8-32-20(19)11-37(15-4-2-1-3-5-15)22-21(23(38)24(22)39)36-10-16-7-17(36)9-35(16)18-12-42(31,40)13-18/h1-6,8,16-18,25,31H,7,9-13H2/t16-,17-,18?,42?/m0/s1. The lowest BCUT2D eigenvalue weighted by Crippen LogP contribution is -2.60. The minimum absolute atomic E-state index is 0.0151. The van der Waals surface area contributed by atoms with Gasteiger partial charge >= 0.3 is 6.43 Å². The van der Waals surface area contributed by atoms with Crippen LogP contribution in [-0.2, 0) is 16.3 Å². The van der Waals surface area contributed by atoms with E-state index in [9.17, 15) is 22.6 Å². The Labute approximate surface area is 237 Å². The molecule has 0 spiro atoms. The van der Waals surface area contributed by atoms with E-state index >= 15 is 4.39 Å². The zero-order chi connectivity index (χ0) is 29.3. The predicted molar refractivity (Wildman–Crippen MR) is 147 cm³/mol. The predicted octanol–water partition coefficient (Wildman–Crippen LogP) is 2.83. The summed E-state index contributed by atoms with van der Waals surface area (Å²) in [6.07, 6.45) is -0.960. The van der Waals surface area contributed by atoms with E-state index in [1.165, 1.54) is 6.20 Å². The van der Waals surface area contributed by atoms with Gasteiger partial charge in [-0.1, -0.05) is 18.2 Å². The van der Waals surface area contributed by atoms with Crippen molar-refractivity contribution in [2.45, 2.75) is 37.5 Å². The summed E-state index contributed by atoms with van der Waals surface area (Å²) >= 11 is 0. The molecule has 3 fully saturated rings. The smallest absolute Gasteiger partial charge is 0.314 e. The van der Waals surface area contributed by atoms with E-state index in [0.717, 1.165) is 12.5 Å². The maximum atomic E-state index is 15.3. The van der Waals surface area contributed by atoms with Gasteiger partial charge in [-0.05, 0) is 24.6 Å². The highest BCUT2D eigenvalue weighted by Crippen LogP contribution is 2.41. The SMILES string of the molecule is N=S1(=O)CC(N2C[C@@H]3C[C@H]2CN3c2c(N(Cc3ncc(-c4nnc(C(F)F)o4)cc3F)c3ccccc3)c(=O)c2=O)C1. The molecule has 0 amide bonds. The van der Waals surface area contributed by atoms with E-state index in [0.29, 0.717) is 30.3 Å². The van der Waals surface area contributed by atoms with Crippen LogP contribution in [0.15, 0.2) is 56.6 Å². The molecule has 3 aliphatic heterocycles. The lowest BCUT2D eigenvalue weighted by molar-refractivity contribution is 0.116. The number of nitrogens with one attached hydrogen (secondary N) is 1. The van der Waals surface area contributed by atoms with Crippen molar-refractivity contribution >= 4 is 26.8 Å². The Morgan fingerprint density at radius 1 is 1.07 bits per heavy atom. The highest BCUT2D eigenvalue weighted by Gasteiger charge is 2.51. The number of rotatable bonds is 8. The van der Waals surface area contributed by atoms with Crippen LogP contribution in [0.2, 0.25) is 0 Å². The van der Waals surface area contributed by atoms with Gasteiger partial charge in [0.1, 0.15) is 17.2 Å². The van der Waals surface area contributed by atoms with Crippen LogP contribution in [-0.4, -0.2) is 67.0 Å². The van der Waals surface area contributed by atoms with Gasteiger partial charge in [0.05, 0.1) is 17.8 Å². The Hall–Kier alpha value is -4.11. The second kappa shape index (κ2) is 9.73. The molecule has 2 aromatic heterocycles. The number of likely N-dealkylation sites (tertiary alicyclic amines) is 1. The normalized spacial score (nSPS) is 25.4. The second-order valence-corrected chi connectivity index (χ2v) is 13.2. The van der Waals surface area contributed by atoms with Crippen molar-refractivity contribution in [3.8, 4) is 11.5 Å². The molecule has 15 heteroatoms. The van der Waals surface area contributed by atoms with Crippen LogP contribution in [0.3, 0.4) is 0 Å². The first-order valence-corrected chi connectivity index (χ1v) is 15.2. The molecule has 42 heavy (non-hydrogen) atoms. The van der Waals surface area contributed by atoms with Crippen molar-refractivity contribution in [1.29, 1.82) is 4.78 Å². The fraction of sp³-hybridized carbons (Fsp3) is 0.370. The Morgan fingerprint density at radius 2 is 1.83 bits per heavy atom. The van der Waals surface area contributed by atoms with Gasteiger partial charge in [-0.2, -0.15) is 8.78 Å². The molecule has 0 saturated carbocycles. The number of fused-ring (bicyclic) bond motifs is 2. The number of piperazine rings is 1. The van der Waals surface area contributed by atoms with Gasteiger partial charge in [-0.25, -0.2) is 8.60 Å². The summed E-state index contributed by atoms with van der Waals surface area (Å²) < 4.78 is 65.6. The summed E-state index contributed by atoms with van der Waals surface area (Å²) in [6.45, 7) is 0.982. The monoisotopic (exact) mass is 599 g/mol. The van der Waals surface area contributed by atoms with Crippen LogP contribution in [0.4, 0.5) is 30.2 Å². The second-order valence-electron chi connectivity index (χ2n) is 10.9. The van der Waals surface area contributed by atoms with Crippen molar-refractivity contribution < 1.29 is 21.8 Å². The number of anilines is 3. The largest absolute Gasteiger partial charge is 0.415 e. The van der Waals surface area contributed by atoms with Crippen LogP contribution in [0.1, 0.15) is 24.4 Å². The number of hydrogen-bond acceptors (Lipinski definition) is 11. The highest BCUT2D eigenvalue weighted by atomic mass is 32.2. The van der Waals surface area contributed by atoms with E-state index in [2.05, 4.69) is 20.1 Å². The van der Waals surface area contributed by atoms with Crippen LogP contribution in [0, 0.1) is 10.6 Å². The molecule has 2 aromatic carbocycles. The molecule has 2 atom stereocenters. The average Bonchev–Trinajstić information content (AvgIpc) is 3.71. The van der Waals surface area contributed by atoms with E-state index < -0.39 is 38.7 Å². The zero-order valence-electron chi connectivity index (χ0n) is 22.0. The van der Waals surface area contributed by atoms with Crippen molar-refractivity contribution in [1.82, 2.24) is 20.1 Å². The molecule has 4 aromatic rings. The molecule has 3 aliphatic rings.